The summed E-state index contributed by atoms with van der Waals surface area (Å²) in [6, 6.07) is 5.06. The predicted octanol–water partition coefficient (Wildman–Crippen LogP) is 1.92. The molecule has 1 fully saturated rings. The third-order valence-electron chi connectivity index (χ3n) is 2.77. The Kier molecular flexibility index (Phi) is 2.88. The van der Waals surface area contributed by atoms with E-state index in [1.807, 2.05) is 0 Å². The smallest absolute Gasteiger partial charge is 0.175 e. The van der Waals surface area contributed by atoms with Crippen molar-refractivity contribution in [2.75, 3.05) is 6.26 Å². The van der Waals surface area contributed by atoms with Gasteiger partial charge in [-0.15, -0.1) is 0 Å². The van der Waals surface area contributed by atoms with Gasteiger partial charge in [-0.2, -0.15) is 0 Å². The average Bonchev–Trinajstić information content (AvgIpc) is 2.80. The second-order valence-corrected chi connectivity index (χ2v) is 7.33. The molecule has 1 saturated carbocycles. The van der Waals surface area contributed by atoms with E-state index in [0.717, 1.165) is 17.3 Å². The molecule has 1 aromatic rings. The summed E-state index contributed by atoms with van der Waals surface area (Å²) in [5, 5.41) is 9.85. The van der Waals surface area contributed by atoms with Crippen LogP contribution in [0.25, 0.3) is 0 Å². The highest BCUT2D eigenvalue weighted by Crippen LogP contribution is 2.39. The Morgan fingerprint density at radius 3 is 2.56 bits per heavy atom. The van der Waals surface area contributed by atoms with E-state index in [1.54, 1.807) is 18.2 Å². The van der Waals surface area contributed by atoms with Gasteiger partial charge in [0.05, 0.1) is 10.5 Å². The molecule has 0 bridgehead atoms. The van der Waals surface area contributed by atoms with Crippen LogP contribution in [0, 0.1) is 0 Å². The normalized spacial score (nSPS) is 18.4. The molecule has 0 aliphatic heterocycles. The lowest BCUT2D eigenvalue weighted by molar-refractivity contribution is 0.150. The SMILES string of the molecule is CS(=O)(=O)c1ccc(Br)cc1CC1(O)CC1. The number of hydrogen-bond donors (Lipinski definition) is 1. The van der Waals surface area contributed by atoms with Crippen LogP contribution in [0.15, 0.2) is 27.6 Å². The Bertz CT molecular complexity index is 518. The Balaban J connectivity index is 2.44. The average molecular weight is 305 g/mol. The van der Waals surface area contributed by atoms with Gasteiger partial charge < -0.3 is 5.11 Å². The summed E-state index contributed by atoms with van der Waals surface area (Å²) in [5.74, 6) is 0. The van der Waals surface area contributed by atoms with E-state index in [4.69, 9.17) is 0 Å². The van der Waals surface area contributed by atoms with Crippen molar-refractivity contribution in [2.24, 2.45) is 0 Å². The zero-order valence-corrected chi connectivity index (χ0v) is 11.3. The summed E-state index contributed by atoms with van der Waals surface area (Å²) < 4.78 is 24.0. The van der Waals surface area contributed by atoms with Gasteiger partial charge in [0.2, 0.25) is 0 Å². The van der Waals surface area contributed by atoms with E-state index in [-0.39, 0.29) is 0 Å². The summed E-state index contributed by atoms with van der Waals surface area (Å²) in [6.45, 7) is 0. The van der Waals surface area contributed by atoms with Gasteiger partial charge in [-0.3, -0.25) is 0 Å². The topological polar surface area (TPSA) is 54.4 Å². The molecule has 1 aliphatic carbocycles. The van der Waals surface area contributed by atoms with Crippen molar-refractivity contribution in [3.63, 3.8) is 0 Å². The van der Waals surface area contributed by atoms with Gasteiger partial charge in [-0.1, -0.05) is 15.9 Å². The molecular formula is C11H13BrO3S. The van der Waals surface area contributed by atoms with Crippen molar-refractivity contribution in [1.82, 2.24) is 0 Å². The molecule has 1 aliphatic rings. The number of aliphatic hydroxyl groups is 1. The second kappa shape index (κ2) is 3.82. The Labute approximate surface area is 104 Å². The molecule has 1 N–H and O–H groups in total. The molecule has 0 aromatic heterocycles. The molecule has 1 aromatic carbocycles. The molecule has 0 saturated heterocycles. The lowest BCUT2D eigenvalue weighted by Crippen LogP contribution is -2.14. The monoisotopic (exact) mass is 304 g/mol. The number of rotatable bonds is 3. The maximum atomic E-state index is 11.6. The standard InChI is InChI=1S/C11H13BrO3S/c1-16(14,15)10-3-2-9(12)6-8(10)7-11(13)4-5-11/h2-3,6,13H,4-5,7H2,1H3. The molecule has 2 rings (SSSR count). The van der Waals surface area contributed by atoms with Crippen molar-refractivity contribution in [1.29, 1.82) is 0 Å². The largest absolute Gasteiger partial charge is 0.390 e. The third-order valence-corrected chi connectivity index (χ3v) is 4.46. The highest BCUT2D eigenvalue weighted by molar-refractivity contribution is 9.10. The fraction of sp³-hybridized carbons (Fsp3) is 0.455. The maximum Gasteiger partial charge on any atom is 0.175 e. The van der Waals surface area contributed by atoms with Gasteiger partial charge in [-0.25, -0.2) is 8.42 Å². The van der Waals surface area contributed by atoms with Crippen LogP contribution in [0.3, 0.4) is 0 Å². The van der Waals surface area contributed by atoms with Crippen LogP contribution in [0.5, 0.6) is 0 Å². The minimum absolute atomic E-state index is 0.316. The predicted molar refractivity (Wildman–Crippen MR) is 65.1 cm³/mol. The summed E-state index contributed by atoms with van der Waals surface area (Å²) in [6.07, 6.45) is 3.11. The van der Waals surface area contributed by atoms with Gasteiger partial charge in [0.25, 0.3) is 0 Å². The molecule has 0 atom stereocenters. The molecule has 88 valence electrons. The zero-order chi connectivity index (χ0) is 12.0. The van der Waals surface area contributed by atoms with E-state index in [2.05, 4.69) is 15.9 Å². The van der Waals surface area contributed by atoms with Gasteiger partial charge in [-0.05, 0) is 36.6 Å². The number of halogens is 1. The Morgan fingerprint density at radius 2 is 2.06 bits per heavy atom. The fourth-order valence-corrected chi connectivity index (χ4v) is 3.05. The molecule has 0 radical (unpaired) electrons. The van der Waals surface area contributed by atoms with Gasteiger partial charge in [0.15, 0.2) is 9.84 Å². The van der Waals surface area contributed by atoms with Crippen molar-refractivity contribution >= 4 is 25.8 Å². The molecule has 5 heteroatoms. The molecule has 0 heterocycles. The van der Waals surface area contributed by atoms with Crippen LogP contribution in [0.1, 0.15) is 18.4 Å². The summed E-state index contributed by atoms with van der Waals surface area (Å²) in [7, 11) is -3.23. The molecule has 0 amide bonds. The lowest BCUT2D eigenvalue weighted by Gasteiger charge is -2.12. The molecule has 0 unspecified atom stereocenters. The first-order valence-corrected chi connectivity index (χ1v) is 7.69. The van der Waals surface area contributed by atoms with Crippen LogP contribution in [0.2, 0.25) is 0 Å². The van der Waals surface area contributed by atoms with Crippen LogP contribution in [-0.2, 0) is 16.3 Å². The van der Waals surface area contributed by atoms with Crippen LogP contribution in [0.4, 0.5) is 0 Å². The Morgan fingerprint density at radius 1 is 1.44 bits per heavy atom. The van der Waals surface area contributed by atoms with Crippen LogP contribution in [-0.4, -0.2) is 25.4 Å². The van der Waals surface area contributed by atoms with E-state index in [1.165, 1.54) is 6.26 Å². The first-order valence-electron chi connectivity index (χ1n) is 5.01. The van der Waals surface area contributed by atoms with E-state index >= 15 is 0 Å². The number of benzene rings is 1. The molecule has 3 nitrogen and oxygen atoms in total. The highest BCUT2D eigenvalue weighted by Gasteiger charge is 2.41. The van der Waals surface area contributed by atoms with Gasteiger partial charge >= 0.3 is 0 Å². The minimum Gasteiger partial charge on any atom is -0.390 e. The first-order chi connectivity index (χ1) is 7.30. The third kappa shape index (κ3) is 2.64. The molecule has 0 spiro atoms. The lowest BCUT2D eigenvalue weighted by atomic mass is 10.1. The van der Waals surface area contributed by atoms with Gasteiger partial charge in [0.1, 0.15) is 0 Å². The van der Waals surface area contributed by atoms with E-state index in [0.29, 0.717) is 16.9 Å². The van der Waals surface area contributed by atoms with Crippen LogP contribution >= 0.6 is 15.9 Å². The number of sulfone groups is 1. The summed E-state index contributed by atoms with van der Waals surface area (Å²) >= 11 is 3.31. The van der Waals surface area contributed by atoms with E-state index < -0.39 is 15.4 Å². The van der Waals surface area contributed by atoms with E-state index in [9.17, 15) is 13.5 Å². The fourth-order valence-electron chi connectivity index (χ4n) is 1.72. The van der Waals surface area contributed by atoms with Crippen LogP contribution < -0.4 is 0 Å². The molecule has 16 heavy (non-hydrogen) atoms. The maximum absolute atomic E-state index is 11.6. The van der Waals surface area contributed by atoms with Gasteiger partial charge in [0, 0.05) is 17.1 Å². The Hall–Kier alpha value is -0.390. The number of hydrogen-bond acceptors (Lipinski definition) is 3. The molecular weight excluding hydrogens is 292 g/mol. The van der Waals surface area contributed by atoms with Crippen molar-refractivity contribution in [3.05, 3.63) is 28.2 Å². The van der Waals surface area contributed by atoms with Crippen molar-refractivity contribution < 1.29 is 13.5 Å². The first kappa shape index (κ1) is 12.1. The van der Waals surface area contributed by atoms with Crippen molar-refractivity contribution in [3.8, 4) is 0 Å². The highest BCUT2D eigenvalue weighted by atomic mass is 79.9. The quantitative estimate of drug-likeness (QED) is 0.928. The summed E-state index contributed by atoms with van der Waals surface area (Å²) in [4.78, 5) is 0.316. The summed E-state index contributed by atoms with van der Waals surface area (Å²) in [5.41, 5.74) is 0.0112. The second-order valence-electron chi connectivity index (χ2n) is 4.43. The van der Waals surface area contributed by atoms with Crippen molar-refractivity contribution in [2.45, 2.75) is 29.8 Å². The zero-order valence-electron chi connectivity index (χ0n) is 8.90. The minimum atomic E-state index is -3.23.